The van der Waals surface area contributed by atoms with Gasteiger partial charge >= 0.3 is 0 Å². The van der Waals surface area contributed by atoms with E-state index in [4.69, 9.17) is 22.3 Å². The summed E-state index contributed by atoms with van der Waals surface area (Å²) in [5, 5.41) is 10.5. The van der Waals surface area contributed by atoms with E-state index in [1.54, 1.807) is 0 Å². The molecule has 0 aromatic heterocycles. The number of nitrogens with zero attached hydrogens (tertiary/aromatic N) is 4. The van der Waals surface area contributed by atoms with Crippen molar-refractivity contribution in [1.29, 1.82) is 0 Å². The van der Waals surface area contributed by atoms with Gasteiger partial charge in [0.05, 0.1) is 12.6 Å². The van der Waals surface area contributed by atoms with Crippen LogP contribution >= 0.6 is 11.6 Å². The van der Waals surface area contributed by atoms with Crippen LogP contribution in [0.25, 0.3) is 0 Å². The number of aliphatic imine (C=N–C) groups is 1. The lowest BCUT2D eigenvalue weighted by Crippen LogP contribution is -2.51. The first-order chi connectivity index (χ1) is 15.1. The molecule has 2 aliphatic heterocycles. The number of aliphatic hydroxyl groups excluding tert-OH is 1. The van der Waals surface area contributed by atoms with Crippen molar-refractivity contribution in [3.8, 4) is 0 Å². The van der Waals surface area contributed by atoms with E-state index in [0.29, 0.717) is 12.5 Å². The molecule has 2 aromatic rings. The van der Waals surface area contributed by atoms with Crippen LogP contribution in [0.4, 0.5) is 5.69 Å². The van der Waals surface area contributed by atoms with Crippen molar-refractivity contribution in [2.75, 3.05) is 44.2 Å². The predicted molar refractivity (Wildman–Crippen MR) is 128 cm³/mol. The lowest BCUT2D eigenvalue weighted by atomic mass is 10.0. The highest BCUT2D eigenvalue weighted by Gasteiger charge is 2.20. The van der Waals surface area contributed by atoms with Gasteiger partial charge in [0.1, 0.15) is 0 Å². The lowest BCUT2D eigenvalue weighted by Gasteiger charge is -2.36. The molecule has 166 valence electrons. The number of hydrogen-bond donors (Lipinski definition) is 2. The van der Waals surface area contributed by atoms with Gasteiger partial charge < -0.3 is 20.6 Å². The summed E-state index contributed by atoms with van der Waals surface area (Å²) in [6.07, 6.45) is 1.57. The van der Waals surface area contributed by atoms with Crippen LogP contribution < -0.4 is 10.6 Å². The quantitative estimate of drug-likeness (QED) is 0.551. The highest BCUT2D eigenvalue weighted by molar-refractivity contribution is 6.30. The Morgan fingerprint density at radius 3 is 2.26 bits per heavy atom. The summed E-state index contributed by atoms with van der Waals surface area (Å²) in [7, 11) is 0. The number of guanidine groups is 1. The zero-order valence-corrected chi connectivity index (χ0v) is 18.7. The van der Waals surface area contributed by atoms with Crippen LogP contribution in [0.2, 0.25) is 5.02 Å². The maximum atomic E-state index is 9.74. The Morgan fingerprint density at radius 2 is 1.58 bits per heavy atom. The smallest absolute Gasteiger partial charge is 0.191 e. The van der Waals surface area contributed by atoms with E-state index in [0.717, 1.165) is 63.7 Å². The van der Waals surface area contributed by atoms with Gasteiger partial charge in [-0.2, -0.15) is 0 Å². The number of halogens is 1. The second-order valence-electron chi connectivity index (χ2n) is 8.40. The summed E-state index contributed by atoms with van der Waals surface area (Å²) in [5.41, 5.74) is 10.1. The standard InChI is InChI=1S/C24H32ClN5O/c25-21-5-7-22(8-6-21)29-13-15-30(16-14-29)24(26)27-17-19-3-1-2-4-20(19)18-28-11-9-23(31)10-12-28/h1-8,23,31H,9-18H2,(H2,26,27). The summed E-state index contributed by atoms with van der Waals surface area (Å²) in [4.78, 5) is 11.7. The molecule has 3 N–H and O–H groups in total. The normalized spacial score (nSPS) is 19.1. The Morgan fingerprint density at radius 1 is 0.935 bits per heavy atom. The van der Waals surface area contributed by atoms with E-state index in [2.05, 4.69) is 51.1 Å². The molecule has 0 amide bonds. The predicted octanol–water partition coefficient (Wildman–Crippen LogP) is 2.93. The SMILES string of the molecule is NC(=NCc1ccccc1CN1CCC(O)CC1)N1CCN(c2ccc(Cl)cc2)CC1. The molecule has 0 aliphatic carbocycles. The van der Waals surface area contributed by atoms with Crippen LogP contribution in [-0.2, 0) is 13.1 Å². The van der Waals surface area contributed by atoms with Gasteiger partial charge in [-0.3, -0.25) is 4.90 Å². The van der Waals surface area contributed by atoms with Crippen LogP contribution in [0.1, 0.15) is 24.0 Å². The van der Waals surface area contributed by atoms with E-state index >= 15 is 0 Å². The molecule has 2 saturated heterocycles. The number of benzene rings is 2. The lowest BCUT2D eigenvalue weighted by molar-refractivity contribution is 0.0791. The average Bonchev–Trinajstić information content (AvgIpc) is 2.80. The number of hydrogen-bond acceptors (Lipinski definition) is 4. The maximum Gasteiger partial charge on any atom is 0.191 e. The van der Waals surface area contributed by atoms with Crippen molar-refractivity contribution in [3.63, 3.8) is 0 Å². The van der Waals surface area contributed by atoms with Crippen LogP contribution in [-0.4, -0.2) is 66.2 Å². The molecule has 6 nitrogen and oxygen atoms in total. The van der Waals surface area contributed by atoms with Crippen LogP contribution in [0, 0.1) is 0 Å². The van der Waals surface area contributed by atoms with E-state index in [1.165, 1.54) is 16.8 Å². The third kappa shape index (κ3) is 5.91. The summed E-state index contributed by atoms with van der Waals surface area (Å²) >= 11 is 6.00. The van der Waals surface area contributed by atoms with E-state index in [9.17, 15) is 5.11 Å². The summed E-state index contributed by atoms with van der Waals surface area (Å²) in [6.45, 7) is 6.92. The molecule has 2 aromatic carbocycles. The molecule has 0 bridgehead atoms. The Labute approximate surface area is 189 Å². The maximum absolute atomic E-state index is 9.74. The number of anilines is 1. The Hall–Kier alpha value is -2.28. The van der Waals surface area contributed by atoms with Crippen molar-refractivity contribution >= 4 is 23.2 Å². The molecule has 31 heavy (non-hydrogen) atoms. The van der Waals surface area contributed by atoms with Gasteiger partial charge in [-0.1, -0.05) is 35.9 Å². The topological polar surface area (TPSA) is 68.3 Å². The molecule has 0 radical (unpaired) electrons. The van der Waals surface area contributed by atoms with E-state index in [-0.39, 0.29) is 6.10 Å². The number of rotatable bonds is 5. The van der Waals surface area contributed by atoms with Crippen molar-refractivity contribution in [3.05, 3.63) is 64.7 Å². The van der Waals surface area contributed by atoms with Gasteiger partial charge in [0.2, 0.25) is 0 Å². The fourth-order valence-corrected chi connectivity index (χ4v) is 4.42. The van der Waals surface area contributed by atoms with Crippen molar-refractivity contribution in [2.24, 2.45) is 10.7 Å². The van der Waals surface area contributed by atoms with Gasteiger partial charge in [-0.15, -0.1) is 0 Å². The molecular formula is C24H32ClN5O. The minimum atomic E-state index is -0.143. The molecule has 0 spiro atoms. The number of nitrogens with two attached hydrogens (primary N) is 1. The second-order valence-corrected chi connectivity index (χ2v) is 8.84. The summed E-state index contributed by atoms with van der Waals surface area (Å²) in [5.74, 6) is 0.617. The van der Waals surface area contributed by atoms with Crippen LogP contribution in [0.3, 0.4) is 0 Å². The third-order valence-electron chi connectivity index (χ3n) is 6.28. The molecule has 0 saturated carbocycles. The molecule has 2 fully saturated rings. The first-order valence-electron chi connectivity index (χ1n) is 11.1. The van der Waals surface area contributed by atoms with Gasteiger partial charge in [-0.05, 0) is 48.2 Å². The largest absolute Gasteiger partial charge is 0.393 e. The molecule has 0 unspecified atom stereocenters. The van der Waals surface area contributed by atoms with Crippen molar-refractivity contribution in [2.45, 2.75) is 32.0 Å². The van der Waals surface area contributed by atoms with E-state index < -0.39 is 0 Å². The Kier molecular flexibility index (Phi) is 7.33. The Bertz CT molecular complexity index is 872. The minimum absolute atomic E-state index is 0.143. The van der Waals surface area contributed by atoms with Gasteiger partial charge in [-0.25, -0.2) is 4.99 Å². The highest BCUT2D eigenvalue weighted by Crippen LogP contribution is 2.20. The van der Waals surface area contributed by atoms with E-state index in [1.807, 2.05) is 12.1 Å². The van der Waals surface area contributed by atoms with Gasteiger partial charge in [0.15, 0.2) is 5.96 Å². The fourth-order valence-electron chi connectivity index (χ4n) is 4.30. The molecule has 4 rings (SSSR count). The number of likely N-dealkylation sites (tertiary alicyclic amines) is 1. The molecular weight excluding hydrogens is 410 g/mol. The van der Waals surface area contributed by atoms with Crippen molar-refractivity contribution < 1.29 is 5.11 Å². The molecule has 2 aliphatic rings. The molecule has 7 heteroatoms. The first-order valence-corrected chi connectivity index (χ1v) is 11.5. The monoisotopic (exact) mass is 441 g/mol. The van der Waals surface area contributed by atoms with Crippen LogP contribution in [0.15, 0.2) is 53.5 Å². The van der Waals surface area contributed by atoms with Crippen LogP contribution in [0.5, 0.6) is 0 Å². The highest BCUT2D eigenvalue weighted by atomic mass is 35.5. The number of piperidine rings is 1. The average molecular weight is 442 g/mol. The third-order valence-corrected chi connectivity index (χ3v) is 6.53. The number of piperazine rings is 1. The first kappa shape index (κ1) is 21.9. The second kappa shape index (κ2) is 10.4. The van der Waals surface area contributed by atoms with Gasteiger partial charge in [0.25, 0.3) is 0 Å². The summed E-state index contributed by atoms with van der Waals surface area (Å²) in [6, 6.07) is 16.5. The fraction of sp³-hybridized carbons (Fsp3) is 0.458. The molecule has 0 atom stereocenters. The Balaban J connectivity index is 1.32. The number of aliphatic hydroxyl groups is 1. The zero-order valence-electron chi connectivity index (χ0n) is 18.0. The molecule has 2 heterocycles. The zero-order chi connectivity index (χ0) is 21.6. The minimum Gasteiger partial charge on any atom is -0.393 e. The van der Waals surface area contributed by atoms with Crippen molar-refractivity contribution in [1.82, 2.24) is 9.80 Å². The summed E-state index contributed by atoms with van der Waals surface area (Å²) < 4.78 is 0. The van der Waals surface area contributed by atoms with Gasteiger partial charge in [0, 0.05) is 56.5 Å².